The van der Waals surface area contributed by atoms with Gasteiger partial charge < -0.3 is 5.32 Å². The molecule has 0 spiro atoms. The van der Waals surface area contributed by atoms with Crippen LogP contribution in [0.5, 0.6) is 0 Å². The highest BCUT2D eigenvalue weighted by molar-refractivity contribution is 14.1. The topological polar surface area (TPSA) is 12.0 Å². The summed E-state index contributed by atoms with van der Waals surface area (Å²) in [5.41, 5.74) is 0. The van der Waals surface area contributed by atoms with Gasteiger partial charge in [-0.1, -0.05) is 59.0 Å². The van der Waals surface area contributed by atoms with E-state index < -0.39 is 0 Å². The van der Waals surface area contributed by atoms with Crippen molar-refractivity contribution in [2.45, 2.75) is 27.6 Å². The van der Waals surface area contributed by atoms with Gasteiger partial charge in [-0.2, -0.15) is 0 Å². The lowest BCUT2D eigenvalue weighted by atomic mass is 9.87. The Labute approximate surface area is 96.4 Å². The minimum absolute atomic E-state index is 0.531. The largest absolute Gasteiger partial charge is 0.316 e. The van der Waals surface area contributed by atoms with Crippen LogP contribution in [0.3, 0.4) is 0 Å². The molecule has 66 valence electrons. The Bertz CT molecular complexity index is 138. The Kier molecular flexibility index (Phi) is 3.90. The van der Waals surface area contributed by atoms with E-state index in [1.165, 1.54) is 19.5 Å². The summed E-state index contributed by atoms with van der Waals surface area (Å²) >= 11 is 5.24. The molecule has 0 unspecified atom stereocenters. The van der Waals surface area contributed by atoms with Gasteiger partial charge in [0, 0.05) is 13.9 Å². The fraction of sp³-hybridized carbons (Fsp3) is 1.00. The van der Waals surface area contributed by atoms with E-state index in [9.17, 15) is 0 Å². The second kappa shape index (κ2) is 4.09. The zero-order chi connectivity index (χ0) is 8.48. The molecule has 1 rings (SSSR count). The predicted molar refractivity (Wildman–Crippen MR) is 66.9 cm³/mol. The molecule has 3 heteroatoms. The van der Waals surface area contributed by atoms with Gasteiger partial charge in [-0.15, -0.1) is 0 Å². The van der Waals surface area contributed by atoms with Gasteiger partial charge in [0.15, 0.2) is 0 Å². The SMILES string of the molecule is CC(C)[C@@]1(I)CCNC[C@@H]1I. The van der Waals surface area contributed by atoms with Crippen molar-refractivity contribution >= 4 is 45.2 Å². The Hall–Kier alpha value is 1.42. The lowest BCUT2D eigenvalue weighted by Gasteiger charge is -2.40. The molecule has 0 saturated carbocycles. The maximum atomic E-state index is 3.43. The van der Waals surface area contributed by atoms with Crippen LogP contribution in [0.15, 0.2) is 0 Å². The zero-order valence-electron chi connectivity index (χ0n) is 7.03. The monoisotopic (exact) mass is 379 g/mol. The minimum Gasteiger partial charge on any atom is -0.316 e. The van der Waals surface area contributed by atoms with Crippen molar-refractivity contribution in [1.82, 2.24) is 5.32 Å². The molecule has 1 aliphatic heterocycles. The normalized spacial score (nSPS) is 39.5. The lowest BCUT2D eigenvalue weighted by molar-refractivity contribution is 0.369. The highest BCUT2D eigenvalue weighted by Gasteiger charge is 2.39. The first-order valence-corrected chi connectivity index (χ1v) is 6.43. The van der Waals surface area contributed by atoms with Crippen LogP contribution in [-0.4, -0.2) is 20.4 Å². The molecule has 11 heavy (non-hydrogen) atoms. The van der Waals surface area contributed by atoms with Gasteiger partial charge in [-0.25, -0.2) is 0 Å². The highest BCUT2D eigenvalue weighted by Crippen LogP contribution is 2.40. The summed E-state index contributed by atoms with van der Waals surface area (Å²) in [5, 5.41) is 3.43. The molecule has 1 fully saturated rings. The summed E-state index contributed by atoms with van der Waals surface area (Å²) in [6.45, 7) is 7.05. The van der Waals surface area contributed by atoms with Crippen LogP contribution in [0.2, 0.25) is 0 Å². The smallest absolute Gasteiger partial charge is 0.0387 e. The van der Waals surface area contributed by atoms with Crippen molar-refractivity contribution in [3.05, 3.63) is 0 Å². The molecule has 0 aromatic heterocycles. The molecule has 1 nitrogen and oxygen atoms in total. The van der Waals surface area contributed by atoms with Gasteiger partial charge in [0.05, 0.1) is 0 Å². The second-order valence-electron chi connectivity index (χ2n) is 3.50. The van der Waals surface area contributed by atoms with E-state index >= 15 is 0 Å². The molecular weight excluding hydrogens is 364 g/mol. The number of rotatable bonds is 1. The molecule has 0 aromatic carbocycles. The Morgan fingerprint density at radius 3 is 2.55 bits per heavy atom. The average molecular weight is 379 g/mol. The Morgan fingerprint density at radius 2 is 2.18 bits per heavy atom. The molecule has 1 aliphatic rings. The molecule has 1 heterocycles. The number of hydrogen-bond donors (Lipinski definition) is 1. The molecule has 0 aromatic rings. The molecular formula is C8H15I2N. The minimum atomic E-state index is 0.531. The number of hydrogen-bond acceptors (Lipinski definition) is 1. The van der Waals surface area contributed by atoms with Gasteiger partial charge in [0.2, 0.25) is 0 Å². The summed E-state index contributed by atoms with van der Waals surface area (Å²) in [5.74, 6) is 0.798. The first-order valence-electron chi connectivity index (χ1n) is 4.11. The number of alkyl halides is 2. The number of piperidine rings is 1. The van der Waals surface area contributed by atoms with Crippen molar-refractivity contribution in [2.24, 2.45) is 5.92 Å². The van der Waals surface area contributed by atoms with Crippen molar-refractivity contribution in [3.63, 3.8) is 0 Å². The summed E-state index contributed by atoms with van der Waals surface area (Å²) in [6, 6.07) is 0. The molecule has 0 radical (unpaired) electrons. The molecule has 1 saturated heterocycles. The van der Waals surface area contributed by atoms with E-state index in [0.29, 0.717) is 3.42 Å². The molecule has 0 amide bonds. The fourth-order valence-corrected chi connectivity index (χ4v) is 3.32. The fourth-order valence-electron chi connectivity index (χ4n) is 1.49. The van der Waals surface area contributed by atoms with Gasteiger partial charge in [-0.3, -0.25) is 0 Å². The third kappa shape index (κ3) is 2.21. The standard InChI is InChI=1S/C8H15I2N/c1-6(2)8(10)3-4-11-5-7(8)9/h6-7,11H,3-5H2,1-2H3/t7-,8-/m0/s1. The summed E-state index contributed by atoms with van der Waals surface area (Å²) < 4.78 is 1.32. The van der Waals surface area contributed by atoms with Crippen LogP contribution in [0.4, 0.5) is 0 Å². The van der Waals surface area contributed by atoms with E-state index in [2.05, 4.69) is 64.3 Å². The molecule has 0 aliphatic carbocycles. The van der Waals surface area contributed by atoms with Crippen molar-refractivity contribution in [3.8, 4) is 0 Å². The second-order valence-corrected chi connectivity index (χ2v) is 7.02. The quantitative estimate of drug-likeness (QED) is 0.546. The van der Waals surface area contributed by atoms with E-state index in [1.807, 2.05) is 0 Å². The number of halogens is 2. The van der Waals surface area contributed by atoms with Crippen LogP contribution in [0, 0.1) is 5.92 Å². The van der Waals surface area contributed by atoms with Crippen LogP contribution >= 0.6 is 45.2 Å². The Balaban J connectivity index is 2.64. The molecule has 1 N–H and O–H groups in total. The molecule has 2 atom stereocenters. The summed E-state index contributed by atoms with van der Waals surface area (Å²) in [7, 11) is 0. The van der Waals surface area contributed by atoms with Crippen LogP contribution < -0.4 is 5.32 Å². The van der Waals surface area contributed by atoms with Crippen molar-refractivity contribution < 1.29 is 0 Å². The maximum absolute atomic E-state index is 3.43. The number of nitrogens with one attached hydrogen (secondary N) is 1. The molecule has 0 bridgehead atoms. The van der Waals surface area contributed by atoms with E-state index in [1.54, 1.807) is 0 Å². The van der Waals surface area contributed by atoms with E-state index in [4.69, 9.17) is 0 Å². The third-order valence-corrected chi connectivity index (χ3v) is 7.77. The van der Waals surface area contributed by atoms with Crippen molar-refractivity contribution in [1.29, 1.82) is 0 Å². The van der Waals surface area contributed by atoms with Crippen LogP contribution in [-0.2, 0) is 0 Å². The zero-order valence-corrected chi connectivity index (χ0v) is 11.3. The highest BCUT2D eigenvalue weighted by atomic mass is 127. The van der Waals surface area contributed by atoms with E-state index in [-0.39, 0.29) is 0 Å². The van der Waals surface area contributed by atoms with Gasteiger partial charge >= 0.3 is 0 Å². The van der Waals surface area contributed by atoms with Crippen molar-refractivity contribution in [2.75, 3.05) is 13.1 Å². The predicted octanol–water partition coefficient (Wildman–Crippen LogP) is 2.61. The summed E-state index contributed by atoms with van der Waals surface area (Å²) in [4.78, 5) is 0. The van der Waals surface area contributed by atoms with Gasteiger partial charge in [-0.05, 0) is 18.9 Å². The summed E-state index contributed by atoms with van der Waals surface area (Å²) in [6.07, 6.45) is 1.32. The first-order chi connectivity index (χ1) is 5.07. The lowest BCUT2D eigenvalue weighted by Crippen LogP contribution is -2.49. The van der Waals surface area contributed by atoms with Gasteiger partial charge in [0.1, 0.15) is 0 Å². The third-order valence-electron chi connectivity index (χ3n) is 2.49. The van der Waals surface area contributed by atoms with E-state index in [0.717, 1.165) is 9.84 Å². The van der Waals surface area contributed by atoms with Gasteiger partial charge in [0.25, 0.3) is 0 Å². The Morgan fingerprint density at radius 1 is 1.55 bits per heavy atom. The average Bonchev–Trinajstić information content (AvgIpc) is 1.95. The first kappa shape index (κ1) is 10.5. The maximum Gasteiger partial charge on any atom is 0.0387 e. The van der Waals surface area contributed by atoms with Crippen LogP contribution in [0.1, 0.15) is 20.3 Å². The van der Waals surface area contributed by atoms with Crippen LogP contribution in [0.25, 0.3) is 0 Å².